The van der Waals surface area contributed by atoms with Crippen LogP contribution >= 0.6 is 11.8 Å². The SMILES string of the molecule is COCCCN1C(=O)S/C(=C/c2ccc(O)c(OC)c2)C1=O. The van der Waals surface area contributed by atoms with Crippen LogP contribution in [0.1, 0.15) is 12.0 Å². The molecule has 2 rings (SSSR count). The molecule has 2 amide bonds. The summed E-state index contributed by atoms with van der Waals surface area (Å²) in [6.45, 7) is 0.838. The molecule has 1 saturated heterocycles. The molecule has 0 bridgehead atoms. The van der Waals surface area contributed by atoms with E-state index >= 15 is 0 Å². The highest BCUT2D eigenvalue weighted by atomic mass is 32.2. The van der Waals surface area contributed by atoms with Crippen LogP contribution in [0.25, 0.3) is 6.08 Å². The predicted octanol–water partition coefficient (Wildman–Crippen LogP) is 2.47. The van der Waals surface area contributed by atoms with Crippen LogP contribution in [0, 0.1) is 0 Å². The standard InChI is InChI=1S/C15H17NO5S/c1-20-7-3-6-16-14(18)13(22-15(16)19)9-10-4-5-11(17)12(8-10)21-2/h4-5,8-9,17H,3,6-7H2,1-2H3/b13-9+. The van der Waals surface area contributed by atoms with Crippen LogP contribution in [0.15, 0.2) is 23.1 Å². The van der Waals surface area contributed by atoms with Crippen molar-refractivity contribution >= 4 is 29.0 Å². The third kappa shape index (κ3) is 3.61. The Hall–Kier alpha value is -1.99. The molecule has 0 unspecified atom stereocenters. The van der Waals surface area contributed by atoms with E-state index in [4.69, 9.17) is 9.47 Å². The predicted molar refractivity (Wildman–Crippen MR) is 83.8 cm³/mol. The number of carbonyl (C=O) groups is 2. The van der Waals surface area contributed by atoms with Crippen LogP contribution in [-0.4, -0.2) is 48.5 Å². The van der Waals surface area contributed by atoms with Gasteiger partial charge in [-0.05, 0) is 42.0 Å². The van der Waals surface area contributed by atoms with Gasteiger partial charge < -0.3 is 14.6 Å². The van der Waals surface area contributed by atoms with Gasteiger partial charge in [-0.25, -0.2) is 0 Å². The Balaban J connectivity index is 2.15. The molecule has 22 heavy (non-hydrogen) atoms. The second-order valence-electron chi connectivity index (χ2n) is 4.61. The highest BCUT2D eigenvalue weighted by Crippen LogP contribution is 2.34. The van der Waals surface area contributed by atoms with Crippen molar-refractivity contribution in [3.63, 3.8) is 0 Å². The Labute approximate surface area is 132 Å². The fraction of sp³-hybridized carbons (Fsp3) is 0.333. The lowest BCUT2D eigenvalue weighted by Gasteiger charge is -2.11. The first-order valence-corrected chi connectivity index (χ1v) is 7.49. The first-order chi connectivity index (χ1) is 10.6. The summed E-state index contributed by atoms with van der Waals surface area (Å²) < 4.78 is 9.95. The largest absolute Gasteiger partial charge is 0.504 e. The molecule has 0 aliphatic carbocycles. The van der Waals surface area contributed by atoms with Crippen molar-refractivity contribution in [2.24, 2.45) is 0 Å². The minimum Gasteiger partial charge on any atom is -0.504 e. The molecule has 1 heterocycles. The Morgan fingerprint density at radius 1 is 1.32 bits per heavy atom. The first kappa shape index (κ1) is 16.4. The summed E-state index contributed by atoms with van der Waals surface area (Å²) in [6.07, 6.45) is 2.22. The number of ether oxygens (including phenoxy) is 2. The van der Waals surface area contributed by atoms with Gasteiger partial charge in [-0.15, -0.1) is 0 Å². The lowest BCUT2D eigenvalue weighted by atomic mass is 10.2. The van der Waals surface area contributed by atoms with Crippen molar-refractivity contribution in [1.29, 1.82) is 0 Å². The lowest BCUT2D eigenvalue weighted by molar-refractivity contribution is -0.122. The van der Waals surface area contributed by atoms with Crippen LogP contribution in [-0.2, 0) is 9.53 Å². The molecular formula is C15H17NO5S. The van der Waals surface area contributed by atoms with Gasteiger partial charge >= 0.3 is 0 Å². The summed E-state index contributed by atoms with van der Waals surface area (Å²) >= 11 is 0.907. The van der Waals surface area contributed by atoms with Gasteiger partial charge in [0.25, 0.3) is 11.1 Å². The number of amides is 2. The summed E-state index contributed by atoms with van der Waals surface area (Å²) in [4.78, 5) is 25.7. The van der Waals surface area contributed by atoms with Gasteiger partial charge in [-0.3, -0.25) is 14.5 Å². The van der Waals surface area contributed by atoms with Crippen LogP contribution in [0.2, 0.25) is 0 Å². The van der Waals surface area contributed by atoms with E-state index in [1.807, 2.05) is 0 Å². The lowest BCUT2D eigenvalue weighted by Crippen LogP contribution is -2.29. The summed E-state index contributed by atoms with van der Waals surface area (Å²) in [5.74, 6) is 0.0264. The normalized spacial score (nSPS) is 16.6. The summed E-state index contributed by atoms with van der Waals surface area (Å²) in [5, 5.41) is 9.28. The van der Waals surface area contributed by atoms with E-state index in [2.05, 4.69) is 0 Å². The first-order valence-electron chi connectivity index (χ1n) is 6.68. The minimum absolute atomic E-state index is 0.0207. The van der Waals surface area contributed by atoms with Gasteiger partial charge in [0.05, 0.1) is 12.0 Å². The number of phenols is 1. The van der Waals surface area contributed by atoms with E-state index in [0.29, 0.717) is 35.8 Å². The van der Waals surface area contributed by atoms with Crippen LogP contribution in [0.5, 0.6) is 11.5 Å². The van der Waals surface area contributed by atoms with E-state index in [-0.39, 0.29) is 16.9 Å². The van der Waals surface area contributed by atoms with Crippen molar-refractivity contribution in [2.75, 3.05) is 27.4 Å². The van der Waals surface area contributed by atoms with Crippen LogP contribution in [0.3, 0.4) is 0 Å². The number of thioether (sulfide) groups is 1. The fourth-order valence-electron chi connectivity index (χ4n) is 2.00. The highest BCUT2D eigenvalue weighted by molar-refractivity contribution is 8.18. The zero-order valence-corrected chi connectivity index (χ0v) is 13.2. The molecule has 1 aliphatic heterocycles. The number of hydrogen-bond donors (Lipinski definition) is 1. The Bertz CT molecular complexity index is 614. The smallest absolute Gasteiger partial charge is 0.293 e. The number of rotatable bonds is 6. The van der Waals surface area contributed by atoms with E-state index < -0.39 is 0 Å². The molecule has 118 valence electrons. The average Bonchev–Trinajstić information content (AvgIpc) is 2.76. The van der Waals surface area contributed by atoms with Gasteiger partial charge in [0.1, 0.15) is 0 Å². The number of nitrogens with zero attached hydrogens (tertiary/aromatic N) is 1. The van der Waals surface area contributed by atoms with Gasteiger partial charge in [0.15, 0.2) is 11.5 Å². The third-order valence-electron chi connectivity index (χ3n) is 3.11. The molecule has 0 atom stereocenters. The number of hydrogen-bond acceptors (Lipinski definition) is 6. The number of aromatic hydroxyl groups is 1. The zero-order chi connectivity index (χ0) is 16.1. The van der Waals surface area contributed by atoms with Gasteiger partial charge in [-0.1, -0.05) is 6.07 Å². The molecule has 1 aromatic rings. The Kier molecular flexibility index (Phi) is 5.46. The highest BCUT2D eigenvalue weighted by Gasteiger charge is 2.34. The molecule has 6 nitrogen and oxygen atoms in total. The molecule has 0 saturated carbocycles. The van der Waals surface area contributed by atoms with E-state index in [0.717, 1.165) is 11.8 Å². The van der Waals surface area contributed by atoms with E-state index in [1.54, 1.807) is 25.3 Å². The molecule has 7 heteroatoms. The number of benzene rings is 1. The van der Waals surface area contributed by atoms with Crippen molar-refractivity contribution in [1.82, 2.24) is 4.90 Å². The molecule has 1 aromatic carbocycles. The van der Waals surface area contributed by atoms with E-state index in [1.165, 1.54) is 18.1 Å². The van der Waals surface area contributed by atoms with Crippen LogP contribution < -0.4 is 4.74 Å². The maximum Gasteiger partial charge on any atom is 0.293 e. The Morgan fingerprint density at radius 2 is 2.09 bits per heavy atom. The monoisotopic (exact) mass is 323 g/mol. The molecular weight excluding hydrogens is 306 g/mol. The van der Waals surface area contributed by atoms with Gasteiger partial charge in [-0.2, -0.15) is 0 Å². The second kappa shape index (κ2) is 7.33. The molecule has 1 N–H and O–H groups in total. The summed E-state index contributed by atoms with van der Waals surface area (Å²) in [5.41, 5.74) is 0.678. The maximum atomic E-state index is 12.2. The average molecular weight is 323 g/mol. The molecule has 0 spiro atoms. The molecule has 0 radical (unpaired) electrons. The summed E-state index contributed by atoms with van der Waals surface area (Å²) in [7, 11) is 3.02. The number of phenolic OH excluding ortho intramolecular Hbond substituents is 1. The maximum absolute atomic E-state index is 12.2. The topological polar surface area (TPSA) is 76.1 Å². The molecule has 1 fully saturated rings. The van der Waals surface area contributed by atoms with Gasteiger partial charge in [0, 0.05) is 20.3 Å². The minimum atomic E-state index is -0.307. The number of imide groups is 1. The van der Waals surface area contributed by atoms with Crippen molar-refractivity contribution < 1.29 is 24.2 Å². The van der Waals surface area contributed by atoms with Crippen molar-refractivity contribution in [3.8, 4) is 11.5 Å². The zero-order valence-electron chi connectivity index (χ0n) is 12.4. The van der Waals surface area contributed by atoms with E-state index in [9.17, 15) is 14.7 Å². The molecule has 1 aliphatic rings. The summed E-state index contributed by atoms with van der Waals surface area (Å²) in [6, 6.07) is 4.73. The third-order valence-corrected chi connectivity index (χ3v) is 4.01. The quantitative estimate of drug-likeness (QED) is 0.640. The second-order valence-corrected chi connectivity index (χ2v) is 5.60. The fourth-order valence-corrected chi connectivity index (χ4v) is 2.86. The number of carbonyl (C=O) groups excluding carboxylic acids is 2. The van der Waals surface area contributed by atoms with Crippen molar-refractivity contribution in [2.45, 2.75) is 6.42 Å². The van der Waals surface area contributed by atoms with Crippen molar-refractivity contribution in [3.05, 3.63) is 28.7 Å². The molecule has 0 aromatic heterocycles. The van der Waals surface area contributed by atoms with Gasteiger partial charge in [0.2, 0.25) is 0 Å². The van der Waals surface area contributed by atoms with Crippen LogP contribution in [0.4, 0.5) is 4.79 Å². The number of methoxy groups -OCH3 is 2. The Morgan fingerprint density at radius 3 is 2.77 bits per heavy atom.